The minimum atomic E-state index is -4.68. The third-order valence-electron chi connectivity index (χ3n) is 4.01. The molecular formula is C16H17F3N2O6. The van der Waals surface area contributed by atoms with E-state index in [0.29, 0.717) is 5.39 Å². The number of alkyl halides is 3. The highest BCUT2D eigenvalue weighted by Crippen LogP contribution is 2.32. The van der Waals surface area contributed by atoms with Gasteiger partial charge in [-0.15, -0.1) is 0 Å². The largest absolute Gasteiger partial charge is 0.493 e. The molecule has 0 bridgehead atoms. The first-order chi connectivity index (χ1) is 12.8. The van der Waals surface area contributed by atoms with Crippen LogP contribution in [0.1, 0.15) is 6.42 Å². The Hall–Kier alpha value is -2.53. The van der Waals surface area contributed by atoms with Crippen LogP contribution >= 0.6 is 0 Å². The molecule has 0 radical (unpaired) electrons. The van der Waals surface area contributed by atoms with Gasteiger partial charge in [0.25, 0.3) is 0 Å². The zero-order valence-electron chi connectivity index (χ0n) is 14.2. The molecule has 27 heavy (non-hydrogen) atoms. The number of hydrogen-bond donors (Lipinski definition) is 1. The Kier molecular flexibility index (Phi) is 5.42. The van der Waals surface area contributed by atoms with Crippen LogP contribution < -0.4 is 9.64 Å². The molecule has 1 fully saturated rings. The Morgan fingerprint density at radius 1 is 1.44 bits per heavy atom. The molecule has 0 saturated carbocycles. The lowest BCUT2D eigenvalue weighted by molar-refractivity contribution is -0.206. The van der Waals surface area contributed by atoms with Gasteiger partial charge in [0.1, 0.15) is 12.4 Å². The topological polar surface area (TPSA) is 94.3 Å². The van der Waals surface area contributed by atoms with Crippen molar-refractivity contribution in [3.63, 3.8) is 0 Å². The highest BCUT2D eigenvalue weighted by molar-refractivity contribution is 5.99. The molecule has 1 amide bonds. The molecule has 11 heteroatoms. The fraction of sp³-hybridized carbons (Fsp3) is 0.500. The lowest BCUT2D eigenvalue weighted by atomic mass is 10.2. The first kappa shape index (κ1) is 19.2. The van der Waals surface area contributed by atoms with Gasteiger partial charge in [0.15, 0.2) is 17.5 Å². The normalized spacial score (nSPS) is 18.8. The summed E-state index contributed by atoms with van der Waals surface area (Å²) in [6.45, 7) is 0.0775. The van der Waals surface area contributed by atoms with Crippen molar-refractivity contribution in [1.82, 2.24) is 5.16 Å². The minimum absolute atomic E-state index is 0.157. The number of rotatable bonds is 7. The predicted molar refractivity (Wildman–Crippen MR) is 85.7 cm³/mol. The van der Waals surface area contributed by atoms with Crippen molar-refractivity contribution in [3.8, 4) is 5.75 Å². The average Bonchev–Trinajstić information content (AvgIpc) is 3.17. The second kappa shape index (κ2) is 7.61. The molecule has 0 spiro atoms. The number of carbonyl (C=O) groups is 1. The maximum Gasteiger partial charge on any atom is 0.416 e. The van der Waals surface area contributed by atoms with Crippen LogP contribution in [0.5, 0.6) is 5.75 Å². The van der Waals surface area contributed by atoms with E-state index in [1.807, 2.05) is 0 Å². The molecule has 2 heterocycles. The summed E-state index contributed by atoms with van der Waals surface area (Å²) in [6, 6.07) is 4.18. The van der Waals surface area contributed by atoms with Gasteiger partial charge < -0.3 is 23.8 Å². The molecule has 1 aliphatic heterocycles. The van der Waals surface area contributed by atoms with Crippen LogP contribution in [0.15, 0.2) is 22.7 Å². The molecule has 0 unspecified atom stereocenters. The molecule has 1 aromatic carbocycles. The number of methoxy groups -OCH3 is 1. The van der Waals surface area contributed by atoms with Gasteiger partial charge in [0.05, 0.1) is 24.6 Å². The molecule has 1 aliphatic rings. The Balaban J connectivity index is 1.72. The first-order valence-corrected chi connectivity index (χ1v) is 8.03. The van der Waals surface area contributed by atoms with Crippen molar-refractivity contribution in [3.05, 3.63) is 18.2 Å². The zero-order chi connectivity index (χ0) is 19.6. The molecular weight excluding hydrogens is 373 g/mol. The second-order valence-corrected chi connectivity index (χ2v) is 5.91. The summed E-state index contributed by atoms with van der Waals surface area (Å²) in [5, 5.41) is 13.4. The maximum atomic E-state index is 12.3. The van der Waals surface area contributed by atoms with Gasteiger partial charge in [0.2, 0.25) is 0 Å². The Bertz CT molecular complexity index is 809. The Morgan fingerprint density at radius 2 is 2.22 bits per heavy atom. The van der Waals surface area contributed by atoms with E-state index in [2.05, 4.69) is 5.16 Å². The number of aromatic nitrogens is 1. The summed E-state index contributed by atoms with van der Waals surface area (Å²) in [4.78, 5) is 13.3. The van der Waals surface area contributed by atoms with Crippen LogP contribution in [0.2, 0.25) is 0 Å². The summed E-state index contributed by atoms with van der Waals surface area (Å²) < 4.78 is 57.3. The molecule has 148 valence electrons. The van der Waals surface area contributed by atoms with Crippen molar-refractivity contribution >= 4 is 22.9 Å². The molecule has 0 aliphatic carbocycles. The summed E-state index contributed by atoms with van der Waals surface area (Å²) >= 11 is 0. The molecule has 1 aromatic heterocycles. The zero-order valence-corrected chi connectivity index (χ0v) is 14.2. The van der Waals surface area contributed by atoms with Crippen molar-refractivity contribution in [2.24, 2.45) is 0 Å². The fourth-order valence-electron chi connectivity index (χ4n) is 2.66. The SMILES string of the molecule is COC[C@@H]1COC(=O)N1c1noc2cc(OCC[C@@H](O)C(F)(F)F)ccc12. The van der Waals surface area contributed by atoms with Gasteiger partial charge in [-0.1, -0.05) is 5.16 Å². The molecule has 2 aromatic rings. The van der Waals surface area contributed by atoms with Crippen molar-refractivity contribution < 1.29 is 41.8 Å². The number of carbonyl (C=O) groups excluding carboxylic acids is 1. The van der Waals surface area contributed by atoms with Crippen LogP contribution in [0.25, 0.3) is 11.0 Å². The number of aliphatic hydroxyl groups excluding tert-OH is 1. The smallest absolute Gasteiger partial charge is 0.416 e. The van der Waals surface area contributed by atoms with Gasteiger partial charge in [-0.25, -0.2) is 9.69 Å². The van der Waals surface area contributed by atoms with E-state index in [9.17, 15) is 18.0 Å². The van der Waals surface area contributed by atoms with Gasteiger partial charge in [-0.05, 0) is 12.1 Å². The van der Waals surface area contributed by atoms with Gasteiger partial charge in [-0.2, -0.15) is 13.2 Å². The Morgan fingerprint density at radius 3 is 2.93 bits per heavy atom. The highest BCUT2D eigenvalue weighted by atomic mass is 19.4. The Labute approximate surface area is 151 Å². The van der Waals surface area contributed by atoms with E-state index in [1.54, 1.807) is 6.07 Å². The number of fused-ring (bicyclic) bond motifs is 1. The standard InChI is InChI=1S/C16H17F3N2O6/c1-24-7-9-8-26-15(23)21(9)14-11-3-2-10(6-12(11)27-20-14)25-5-4-13(22)16(17,18)19/h2-3,6,9,13,22H,4-5,7-8H2,1H3/t9-,13-/m1/s1. The minimum Gasteiger partial charge on any atom is -0.493 e. The van der Waals surface area contributed by atoms with E-state index in [0.717, 1.165) is 0 Å². The van der Waals surface area contributed by atoms with E-state index >= 15 is 0 Å². The summed E-state index contributed by atoms with van der Waals surface area (Å²) in [7, 11) is 1.50. The van der Waals surface area contributed by atoms with Gasteiger partial charge in [-0.3, -0.25) is 0 Å². The number of cyclic esters (lactones) is 1. The number of benzene rings is 1. The van der Waals surface area contributed by atoms with Crippen molar-refractivity contribution in [2.75, 3.05) is 31.8 Å². The van der Waals surface area contributed by atoms with E-state index < -0.39 is 24.8 Å². The number of nitrogens with zero attached hydrogens (tertiary/aromatic N) is 2. The molecule has 1 saturated heterocycles. The molecule has 3 rings (SSSR count). The number of anilines is 1. The van der Waals surface area contributed by atoms with Crippen LogP contribution in [0.3, 0.4) is 0 Å². The van der Waals surface area contributed by atoms with Gasteiger partial charge in [0, 0.05) is 19.6 Å². The summed E-state index contributed by atoms with van der Waals surface area (Å²) in [6.07, 6.45) is -8.30. The lowest BCUT2D eigenvalue weighted by Crippen LogP contribution is -2.37. The van der Waals surface area contributed by atoms with Crippen molar-refractivity contribution in [2.45, 2.75) is 24.7 Å². The molecule has 2 atom stereocenters. The monoisotopic (exact) mass is 390 g/mol. The fourth-order valence-corrected chi connectivity index (χ4v) is 2.66. The molecule has 8 nitrogen and oxygen atoms in total. The predicted octanol–water partition coefficient (Wildman–Crippen LogP) is 2.49. The maximum absolute atomic E-state index is 12.3. The van der Waals surface area contributed by atoms with Crippen LogP contribution in [0, 0.1) is 0 Å². The lowest BCUT2D eigenvalue weighted by Gasteiger charge is -2.17. The third kappa shape index (κ3) is 4.08. The quantitative estimate of drug-likeness (QED) is 0.776. The summed E-state index contributed by atoms with van der Waals surface area (Å²) in [5.74, 6) is 0.505. The van der Waals surface area contributed by atoms with Crippen LogP contribution in [0.4, 0.5) is 23.8 Å². The van der Waals surface area contributed by atoms with Gasteiger partial charge >= 0.3 is 12.3 Å². The second-order valence-electron chi connectivity index (χ2n) is 5.91. The van der Waals surface area contributed by atoms with Crippen molar-refractivity contribution in [1.29, 1.82) is 0 Å². The number of amides is 1. The van der Waals surface area contributed by atoms with E-state index in [-0.39, 0.29) is 43.0 Å². The van der Waals surface area contributed by atoms with E-state index in [1.165, 1.54) is 24.1 Å². The number of halogens is 3. The third-order valence-corrected chi connectivity index (χ3v) is 4.01. The first-order valence-electron chi connectivity index (χ1n) is 8.03. The van der Waals surface area contributed by atoms with Crippen LogP contribution in [-0.2, 0) is 9.47 Å². The number of aliphatic hydroxyl groups is 1. The van der Waals surface area contributed by atoms with Crippen LogP contribution in [-0.4, -0.2) is 61.6 Å². The average molecular weight is 390 g/mol. The highest BCUT2D eigenvalue weighted by Gasteiger charge is 2.38. The number of ether oxygens (including phenoxy) is 3. The van der Waals surface area contributed by atoms with E-state index in [4.69, 9.17) is 23.8 Å². The summed E-state index contributed by atoms with van der Waals surface area (Å²) in [5.41, 5.74) is 0.287. The molecule has 1 N–H and O–H groups in total. The number of hydrogen-bond acceptors (Lipinski definition) is 7.